The molecule has 0 aromatic rings. The molecule has 0 saturated carbocycles. The number of nitrogens with two attached hydrogens (primary N) is 2. The molecule has 0 amide bonds. The van der Waals surface area contributed by atoms with Crippen LogP contribution in [0.5, 0.6) is 0 Å². The van der Waals surface area contributed by atoms with Gasteiger partial charge in [0, 0.05) is 18.2 Å². The average Bonchev–Trinajstić information content (AvgIpc) is 1.59. The maximum atomic E-state index is 9.05. The van der Waals surface area contributed by atoms with E-state index in [0.717, 1.165) is 0 Å². The number of hydrogen-bond donors (Lipinski definition) is 3. The molecule has 0 heterocycles. The number of rotatable bonds is 0. The molecular formula is C6H12N2O. The summed E-state index contributed by atoms with van der Waals surface area (Å²) in [6.07, 6.45) is 2.69. The molecule has 0 radical (unpaired) electrons. The van der Waals surface area contributed by atoms with Crippen LogP contribution in [0.25, 0.3) is 0 Å². The Morgan fingerprint density at radius 3 is 2.78 bits per heavy atom. The Morgan fingerprint density at radius 2 is 2.33 bits per heavy atom. The minimum absolute atomic E-state index is 0.0475. The smallest absolute Gasteiger partial charge is 0.0612 e. The van der Waals surface area contributed by atoms with Crippen molar-refractivity contribution >= 4 is 0 Å². The van der Waals surface area contributed by atoms with Crippen LogP contribution in [0.1, 0.15) is 12.8 Å². The van der Waals surface area contributed by atoms with E-state index in [2.05, 4.69) is 0 Å². The monoisotopic (exact) mass is 128 g/mol. The fourth-order valence-corrected chi connectivity index (χ4v) is 1.08. The minimum atomic E-state index is -0.329. The van der Waals surface area contributed by atoms with E-state index in [9.17, 15) is 0 Å². The lowest BCUT2D eigenvalue weighted by atomic mass is 9.98. The van der Waals surface area contributed by atoms with Gasteiger partial charge >= 0.3 is 0 Å². The van der Waals surface area contributed by atoms with Gasteiger partial charge < -0.3 is 16.6 Å². The third-order valence-corrected chi connectivity index (χ3v) is 1.44. The third kappa shape index (κ3) is 1.69. The molecular weight excluding hydrogens is 116 g/mol. The lowest BCUT2D eigenvalue weighted by molar-refractivity contribution is 0.154. The van der Waals surface area contributed by atoms with E-state index >= 15 is 0 Å². The number of aliphatic hydroxyl groups excluding tert-OH is 1. The van der Waals surface area contributed by atoms with Gasteiger partial charge in [-0.15, -0.1) is 0 Å². The van der Waals surface area contributed by atoms with E-state index in [4.69, 9.17) is 16.6 Å². The summed E-state index contributed by atoms with van der Waals surface area (Å²) in [7, 11) is 0. The molecule has 3 heteroatoms. The molecule has 0 aliphatic heterocycles. The molecule has 0 spiro atoms. The van der Waals surface area contributed by atoms with Crippen molar-refractivity contribution in [3.05, 3.63) is 11.8 Å². The summed E-state index contributed by atoms with van der Waals surface area (Å²) >= 11 is 0. The second kappa shape index (κ2) is 2.37. The zero-order valence-electron chi connectivity index (χ0n) is 5.25. The van der Waals surface area contributed by atoms with Crippen LogP contribution in [-0.2, 0) is 0 Å². The van der Waals surface area contributed by atoms with E-state index in [1.807, 2.05) is 0 Å². The first-order valence-corrected chi connectivity index (χ1v) is 3.08. The molecule has 1 rings (SSSR count). The molecule has 1 aliphatic carbocycles. The van der Waals surface area contributed by atoms with Crippen LogP contribution in [0.4, 0.5) is 0 Å². The molecule has 0 fully saturated rings. The largest absolute Gasteiger partial charge is 0.402 e. The lowest BCUT2D eigenvalue weighted by Gasteiger charge is -2.19. The van der Waals surface area contributed by atoms with Gasteiger partial charge in [0.15, 0.2) is 0 Å². The molecule has 52 valence electrons. The zero-order chi connectivity index (χ0) is 6.85. The van der Waals surface area contributed by atoms with Crippen LogP contribution in [0.15, 0.2) is 11.8 Å². The van der Waals surface area contributed by atoms with E-state index in [0.29, 0.717) is 18.5 Å². The van der Waals surface area contributed by atoms with Crippen LogP contribution in [0, 0.1) is 0 Å². The van der Waals surface area contributed by atoms with Crippen molar-refractivity contribution in [3.63, 3.8) is 0 Å². The maximum Gasteiger partial charge on any atom is 0.0612 e. The van der Waals surface area contributed by atoms with Gasteiger partial charge in [0.25, 0.3) is 0 Å². The molecule has 3 nitrogen and oxygen atoms in total. The van der Waals surface area contributed by atoms with Crippen molar-refractivity contribution in [2.24, 2.45) is 11.5 Å². The number of hydrogen-bond acceptors (Lipinski definition) is 3. The van der Waals surface area contributed by atoms with Crippen molar-refractivity contribution in [1.29, 1.82) is 0 Å². The van der Waals surface area contributed by atoms with Crippen LogP contribution < -0.4 is 11.5 Å². The Kier molecular flexibility index (Phi) is 1.73. The number of aliphatic hydroxyl groups is 1. The maximum absolute atomic E-state index is 9.05. The summed E-state index contributed by atoms with van der Waals surface area (Å²) in [5.74, 6) is 0. The van der Waals surface area contributed by atoms with Gasteiger partial charge in [0.2, 0.25) is 0 Å². The molecule has 2 unspecified atom stereocenters. The Morgan fingerprint density at radius 1 is 1.67 bits per heavy atom. The van der Waals surface area contributed by atoms with Gasteiger partial charge in [-0.3, -0.25) is 0 Å². The quantitative estimate of drug-likeness (QED) is 0.404. The van der Waals surface area contributed by atoms with Gasteiger partial charge in [-0.25, -0.2) is 0 Å². The van der Waals surface area contributed by atoms with Crippen LogP contribution >= 0.6 is 0 Å². The zero-order valence-corrected chi connectivity index (χ0v) is 5.25. The summed E-state index contributed by atoms with van der Waals surface area (Å²) in [5.41, 5.74) is 11.6. The SMILES string of the molecule is NC1=CC(N)CC(O)C1. The summed E-state index contributed by atoms with van der Waals surface area (Å²) < 4.78 is 0. The molecule has 0 bridgehead atoms. The van der Waals surface area contributed by atoms with Crippen molar-refractivity contribution in [2.45, 2.75) is 25.0 Å². The predicted molar refractivity (Wildman–Crippen MR) is 35.5 cm³/mol. The Bertz CT molecular complexity index is 133. The summed E-state index contributed by atoms with van der Waals surface area (Å²) in [6.45, 7) is 0. The highest BCUT2D eigenvalue weighted by molar-refractivity contribution is 5.08. The summed E-state index contributed by atoms with van der Waals surface area (Å²) in [4.78, 5) is 0. The highest BCUT2D eigenvalue weighted by Gasteiger charge is 2.15. The van der Waals surface area contributed by atoms with Crippen LogP contribution in [0.3, 0.4) is 0 Å². The topological polar surface area (TPSA) is 72.3 Å². The fourth-order valence-electron chi connectivity index (χ4n) is 1.08. The fraction of sp³-hybridized carbons (Fsp3) is 0.667. The van der Waals surface area contributed by atoms with Gasteiger partial charge in [0.1, 0.15) is 0 Å². The Labute approximate surface area is 54.3 Å². The van der Waals surface area contributed by atoms with Gasteiger partial charge in [0.05, 0.1) is 6.10 Å². The van der Waals surface area contributed by atoms with E-state index < -0.39 is 0 Å². The first-order chi connectivity index (χ1) is 4.18. The van der Waals surface area contributed by atoms with Crippen molar-refractivity contribution < 1.29 is 5.11 Å². The molecule has 2 atom stereocenters. The minimum Gasteiger partial charge on any atom is -0.402 e. The van der Waals surface area contributed by atoms with Crippen LogP contribution in [-0.4, -0.2) is 17.3 Å². The molecule has 0 aromatic heterocycles. The van der Waals surface area contributed by atoms with Crippen LogP contribution in [0.2, 0.25) is 0 Å². The normalized spacial score (nSPS) is 36.0. The van der Waals surface area contributed by atoms with E-state index in [1.165, 1.54) is 0 Å². The van der Waals surface area contributed by atoms with Crippen molar-refractivity contribution in [1.82, 2.24) is 0 Å². The molecule has 1 aliphatic rings. The molecule has 5 N–H and O–H groups in total. The molecule has 0 aromatic carbocycles. The van der Waals surface area contributed by atoms with Gasteiger partial charge in [-0.05, 0) is 12.5 Å². The third-order valence-electron chi connectivity index (χ3n) is 1.44. The molecule has 0 saturated heterocycles. The van der Waals surface area contributed by atoms with E-state index in [-0.39, 0.29) is 12.1 Å². The second-order valence-corrected chi connectivity index (χ2v) is 2.50. The van der Waals surface area contributed by atoms with E-state index in [1.54, 1.807) is 6.08 Å². The highest BCUT2D eigenvalue weighted by Crippen LogP contribution is 2.12. The van der Waals surface area contributed by atoms with Crippen molar-refractivity contribution in [3.8, 4) is 0 Å². The Balaban J connectivity index is 2.56. The highest BCUT2D eigenvalue weighted by atomic mass is 16.3. The Hall–Kier alpha value is -0.540. The average molecular weight is 128 g/mol. The first kappa shape index (κ1) is 6.58. The predicted octanol–water partition coefficient (Wildman–Crippen LogP) is -0.689. The van der Waals surface area contributed by atoms with Gasteiger partial charge in [-0.2, -0.15) is 0 Å². The standard InChI is InChI=1S/C6H12N2O/c7-4-1-5(8)3-6(9)2-4/h1,4,6,9H,2-3,7-8H2. The second-order valence-electron chi connectivity index (χ2n) is 2.50. The molecule has 9 heavy (non-hydrogen) atoms. The summed E-state index contributed by atoms with van der Waals surface area (Å²) in [6, 6.07) is -0.0475. The van der Waals surface area contributed by atoms with Gasteiger partial charge in [-0.1, -0.05) is 0 Å². The summed E-state index contributed by atoms with van der Waals surface area (Å²) in [5, 5.41) is 9.05. The lowest BCUT2D eigenvalue weighted by Crippen LogP contribution is -2.30. The van der Waals surface area contributed by atoms with Crippen molar-refractivity contribution in [2.75, 3.05) is 0 Å². The first-order valence-electron chi connectivity index (χ1n) is 3.08.